The first kappa shape index (κ1) is 47.3. The van der Waals surface area contributed by atoms with Gasteiger partial charge in [0, 0.05) is 21.5 Å². The molecule has 68 heavy (non-hydrogen) atoms. The lowest BCUT2D eigenvalue weighted by molar-refractivity contribution is 0.0470. The zero-order chi connectivity index (χ0) is 47.8. The van der Waals surface area contributed by atoms with E-state index in [1.807, 2.05) is 146 Å². The summed E-state index contributed by atoms with van der Waals surface area (Å²) < 4.78 is 35.0. The fourth-order valence-corrected chi connectivity index (χ4v) is 7.47. The molecule has 0 aliphatic carbocycles. The lowest BCUT2D eigenvalue weighted by atomic mass is 9.97. The Kier molecular flexibility index (Phi) is 16.0. The number of hydrogen-bond donors (Lipinski definition) is 2. The zero-order valence-electron chi connectivity index (χ0n) is 37.4. The number of carboxylic acids is 2. The van der Waals surface area contributed by atoms with E-state index in [2.05, 4.69) is 0 Å². The van der Waals surface area contributed by atoms with E-state index >= 15 is 0 Å². The Morgan fingerprint density at radius 2 is 0.559 bits per heavy atom. The van der Waals surface area contributed by atoms with Gasteiger partial charge in [0.15, 0.2) is 0 Å². The van der Waals surface area contributed by atoms with Crippen LogP contribution in [0.2, 0.25) is 0 Å². The summed E-state index contributed by atoms with van der Waals surface area (Å²) in [6, 6.07) is 51.9. The number of carboxylic acid groups (broad SMARTS) is 2. The van der Waals surface area contributed by atoms with Gasteiger partial charge in [-0.2, -0.15) is 0 Å². The molecule has 0 heterocycles. The largest absolute Gasteiger partial charge is 0.487 e. The van der Waals surface area contributed by atoms with Crippen molar-refractivity contribution in [3.63, 3.8) is 0 Å². The quantitative estimate of drug-likeness (QED) is 0.0784. The van der Waals surface area contributed by atoms with Crippen molar-refractivity contribution in [2.75, 3.05) is 13.2 Å². The van der Waals surface area contributed by atoms with Crippen molar-refractivity contribution in [1.29, 1.82) is 0 Å². The van der Waals surface area contributed by atoms with Crippen LogP contribution in [-0.2, 0) is 35.9 Å². The SMILES string of the molecule is CCOC(=O)c1c(C(=O)OCC)c(OCc2ccccc2)c2ccccc2c1OCc1ccccc1.O=C(O)c1c(C(=O)O)c(OCc2ccccc2)c2ccccc2c1OCc1ccccc1. The van der Waals surface area contributed by atoms with Crippen molar-refractivity contribution in [2.24, 2.45) is 0 Å². The smallest absolute Gasteiger partial charge is 0.342 e. The highest BCUT2D eigenvalue weighted by molar-refractivity contribution is 6.15. The number of hydrogen-bond acceptors (Lipinski definition) is 10. The van der Waals surface area contributed by atoms with Crippen LogP contribution >= 0.6 is 0 Å². The van der Waals surface area contributed by atoms with Gasteiger partial charge in [-0.15, -0.1) is 0 Å². The van der Waals surface area contributed by atoms with Gasteiger partial charge < -0.3 is 38.6 Å². The summed E-state index contributed by atoms with van der Waals surface area (Å²) in [5, 5.41) is 22.1. The Morgan fingerprint density at radius 3 is 0.779 bits per heavy atom. The molecule has 0 aliphatic rings. The van der Waals surface area contributed by atoms with E-state index in [1.54, 1.807) is 38.1 Å². The van der Waals surface area contributed by atoms with E-state index in [0.29, 0.717) is 21.5 Å². The average Bonchev–Trinajstić information content (AvgIpc) is 3.37. The molecule has 0 radical (unpaired) electrons. The summed E-state index contributed by atoms with van der Waals surface area (Å²) in [5.74, 6) is -3.66. The Morgan fingerprint density at radius 1 is 0.338 bits per heavy atom. The maximum Gasteiger partial charge on any atom is 0.342 e. The first-order chi connectivity index (χ1) is 33.2. The molecule has 0 aliphatic heterocycles. The summed E-state index contributed by atoms with van der Waals surface area (Å²) >= 11 is 0. The van der Waals surface area contributed by atoms with Crippen LogP contribution in [0.15, 0.2) is 170 Å². The lowest BCUT2D eigenvalue weighted by Crippen LogP contribution is -2.18. The molecule has 0 aromatic heterocycles. The molecule has 0 spiro atoms. The highest BCUT2D eigenvalue weighted by Crippen LogP contribution is 2.44. The third-order valence-electron chi connectivity index (χ3n) is 10.5. The molecule has 8 rings (SSSR count). The van der Waals surface area contributed by atoms with Crippen LogP contribution < -0.4 is 18.9 Å². The summed E-state index contributed by atoms with van der Waals surface area (Å²) in [6.07, 6.45) is 0. The van der Waals surface area contributed by atoms with E-state index in [1.165, 1.54) is 0 Å². The van der Waals surface area contributed by atoms with Gasteiger partial charge in [-0.25, -0.2) is 19.2 Å². The molecule has 8 aromatic carbocycles. The maximum absolute atomic E-state index is 13.3. The minimum absolute atomic E-state index is 0.00131. The minimum Gasteiger partial charge on any atom is -0.487 e. The van der Waals surface area contributed by atoms with Gasteiger partial charge in [-0.1, -0.05) is 170 Å². The molecule has 0 unspecified atom stereocenters. The van der Waals surface area contributed by atoms with Gasteiger partial charge in [0.2, 0.25) is 0 Å². The standard InChI is InChI=1S/C30H28O6.C26H20O6/c1-3-33-29(31)25-26(30(32)34-4-2)28(36-20-22-15-9-6-10-16-22)24-18-12-11-17-23(24)27(25)35-19-21-13-7-5-8-14-21;27-25(28)21-22(26(29)30)24(32-16-18-11-5-2-6-12-18)20-14-8-7-13-19(20)23(21)31-15-17-9-3-1-4-10-17/h5-18H,3-4,19-20H2,1-2H3;1-14H,15-16H2,(H,27,28)(H,29,30). The van der Waals surface area contributed by atoms with E-state index in [4.69, 9.17) is 28.4 Å². The van der Waals surface area contributed by atoms with Crippen molar-refractivity contribution in [3.05, 3.63) is 214 Å². The fraction of sp³-hybridized carbons (Fsp3) is 0.143. The Labute approximate surface area is 392 Å². The van der Waals surface area contributed by atoms with Gasteiger partial charge in [0.05, 0.1) is 13.2 Å². The predicted octanol–water partition coefficient (Wildman–Crippen LogP) is 11.7. The molecule has 12 heteroatoms. The normalized spacial score (nSPS) is 10.6. The lowest BCUT2D eigenvalue weighted by Gasteiger charge is -2.21. The van der Waals surface area contributed by atoms with Gasteiger partial charge in [-0.05, 0) is 36.1 Å². The van der Waals surface area contributed by atoms with Crippen molar-refractivity contribution in [1.82, 2.24) is 0 Å². The number of esters is 2. The van der Waals surface area contributed by atoms with Gasteiger partial charge >= 0.3 is 23.9 Å². The molecule has 2 N–H and O–H groups in total. The van der Waals surface area contributed by atoms with E-state index in [-0.39, 0.29) is 73.8 Å². The number of ether oxygens (including phenoxy) is 6. The molecule has 344 valence electrons. The monoisotopic (exact) mass is 912 g/mol. The number of aromatic carboxylic acids is 2. The van der Waals surface area contributed by atoms with Gasteiger partial charge in [0.25, 0.3) is 0 Å². The van der Waals surface area contributed by atoms with Gasteiger partial charge in [0.1, 0.15) is 71.7 Å². The summed E-state index contributed by atoms with van der Waals surface area (Å²) in [7, 11) is 0. The highest BCUT2D eigenvalue weighted by Gasteiger charge is 2.33. The number of carbonyl (C=O) groups excluding carboxylic acids is 2. The van der Waals surface area contributed by atoms with Crippen LogP contribution in [0.3, 0.4) is 0 Å². The van der Waals surface area contributed by atoms with Crippen LogP contribution in [0.5, 0.6) is 23.0 Å². The second-order valence-corrected chi connectivity index (χ2v) is 15.1. The molecule has 12 nitrogen and oxygen atoms in total. The van der Waals surface area contributed by atoms with Crippen molar-refractivity contribution < 1.29 is 57.8 Å². The van der Waals surface area contributed by atoms with E-state index in [0.717, 1.165) is 22.3 Å². The third kappa shape index (κ3) is 11.2. The second-order valence-electron chi connectivity index (χ2n) is 15.1. The topological polar surface area (TPSA) is 164 Å². The first-order valence-corrected chi connectivity index (χ1v) is 21.8. The number of fused-ring (bicyclic) bond motifs is 2. The van der Waals surface area contributed by atoms with E-state index < -0.39 is 35.0 Å². The predicted molar refractivity (Wildman–Crippen MR) is 257 cm³/mol. The average molecular weight is 913 g/mol. The number of rotatable bonds is 18. The zero-order valence-corrected chi connectivity index (χ0v) is 37.4. The van der Waals surface area contributed by atoms with Crippen LogP contribution in [-0.4, -0.2) is 47.3 Å². The van der Waals surface area contributed by atoms with E-state index in [9.17, 15) is 29.4 Å². The first-order valence-electron chi connectivity index (χ1n) is 21.8. The molecule has 0 amide bonds. The molecule has 0 bridgehead atoms. The number of carbonyl (C=O) groups is 4. The summed E-state index contributed by atoms with van der Waals surface area (Å²) in [6.45, 7) is 4.26. The highest BCUT2D eigenvalue weighted by atomic mass is 16.5. The van der Waals surface area contributed by atoms with Crippen molar-refractivity contribution in [2.45, 2.75) is 40.3 Å². The Bertz CT molecular complexity index is 2810. The van der Waals surface area contributed by atoms with Gasteiger partial charge in [-0.3, -0.25) is 0 Å². The molecule has 0 saturated carbocycles. The molecule has 0 saturated heterocycles. The molecular formula is C56H48O12. The molecular weight excluding hydrogens is 865 g/mol. The van der Waals surface area contributed by atoms with Crippen molar-refractivity contribution >= 4 is 45.4 Å². The van der Waals surface area contributed by atoms with Crippen molar-refractivity contribution in [3.8, 4) is 23.0 Å². The summed E-state index contributed by atoms with van der Waals surface area (Å²) in [5.41, 5.74) is 2.60. The van der Waals surface area contributed by atoms with Crippen LogP contribution in [0, 0.1) is 0 Å². The number of benzene rings is 8. The third-order valence-corrected chi connectivity index (χ3v) is 10.5. The molecule has 8 aromatic rings. The summed E-state index contributed by atoms with van der Waals surface area (Å²) in [4.78, 5) is 51.1. The molecule has 0 fully saturated rings. The van der Waals surface area contributed by atoms with Crippen LogP contribution in [0.25, 0.3) is 21.5 Å². The fourth-order valence-electron chi connectivity index (χ4n) is 7.47. The van der Waals surface area contributed by atoms with Crippen LogP contribution in [0.4, 0.5) is 0 Å². The maximum atomic E-state index is 13.3. The minimum atomic E-state index is -1.40. The van der Waals surface area contributed by atoms with Crippen LogP contribution in [0.1, 0.15) is 77.5 Å². The Balaban J connectivity index is 0.000000203. The second kappa shape index (κ2) is 23.0. The molecule has 0 atom stereocenters. The Hall–Kier alpha value is -8.64.